The first-order chi connectivity index (χ1) is 15.5. The van der Waals surface area contributed by atoms with E-state index in [0.29, 0.717) is 35.4 Å². The topological polar surface area (TPSA) is 113 Å². The Kier molecular flexibility index (Phi) is 5.10. The van der Waals surface area contributed by atoms with Crippen LogP contribution < -0.4 is 10.6 Å². The smallest absolute Gasteiger partial charge is 0.164 e. The summed E-state index contributed by atoms with van der Waals surface area (Å²) in [5.74, 6) is -0.670. The number of aliphatic hydroxyl groups excluding tert-OH is 1. The number of halogens is 1. The molecule has 2 aromatic heterocycles. The molecule has 4 N–H and O–H groups in total. The highest BCUT2D eigenvalue weighted by atomic mass is 19.1. The van der Waals surface area contributed by atoms with Crippen molar-refractivity contribution in [2.75, 3.05) is 17.2 Å². The number of aliphatic hydroxyl groups is 1. The van der Waals surface area contributed by atoms with E-state index in [1.807, 2.05) is 35.2 Å². The zero-order valence-corrected chi connectivity index (χ0v) is 17.3. The number of nitrogens with two attached hydrogens (primary N) is 1. The van der Waals surface area contributed by atoms with Gasteiger partial charge in [0.15, 0.2) is 17.2 Å². The van der Waals surface area contributed by atoms with Crippen molar-refractivity contribution in [3.05, 3.63) is 60.7 Å². The molecule has 1 saturated carbocycles. The molecule has 1 atom stereocenters. The zero-order chi connectivity index (χ0) is 22.2. The third-order valence-corrected chi connectivity index (χ3v) is 5.78. The summed E-state index contributed by atoms with van der Waals surface area (Å²) in [6, 6.07) is 13.8. The van der Waals surface area contributed by atoms with E-state index >= 15 is 0 Å². The summed E-state index contributed by atoms with van der Waals surface area (Å²) in [5.41, 5.74) is 8.56. The van der Waals surface area contributed by atoms with Crippen molar-refractivity contribution in [1.29, 1.82) is 0 Å². The van der Waals surface area contributed by atoms with Gasteiger partial charge in [0.2, 0.25) is 0 Å². The number of hydrogen-bond acceptors (Lipinski definition) is 7. The number of phenols is 1. The molecule has 1 aliphatic rings. The second-order valence-corrected chi connectivity index (χ2v) is 7.98. The number of rotatable bonds is 7. The minimum absolute atomic E-state index is 0.248. The predicted octanol–water partition coefficient (Wildman–Crippen LogP) is 3.16. The molecule has 32 heavy (non-hydrogen) atoms. The minimum Gasteiger partial charge on any atom is -0.505 e. The van der Waals surface area contributed by atoms with Crippen molar-refractivity contribution in [1.82, 2.24) is 19.7 Å². The van der Waals surface area contributed by atoms with Crippen molar-refractivity contribution < 1.29 is 14.6 Å². The van der Waals surface area contributed by atoms with Crippen LogP contribution in [0.3, 0.4) is 0 Å². The Morgan fingerprint density at radius 3 is 2.66 bits per heavy atom. The number of nitrogens with zero attached hydrogens (tertiary/aromatic N) is 5. The Hall–Kier alpha value is -3.72. The quantitative estimate of drug-likeness (QED) is 0.383. The number of anilines is 2. The summed E-state index contributed by atoms with van der Waals surface area (Å²) in [5, 5.41) is 25.9. The third-order valence-electron chi connectivity index (χ3n) is 5.78. The van der Waals surface area contributed by atoms with E-state index in [-0.39, 0.29) is 11.7 Å². The van der Waals surface area contributed by atoms with Gasteiger partial charge in [0.05, 0.1) is 11.9 Å². The minimum atomic E-state index is -0.714. The molecule has 2 heterocycles. The molecule has 0 bridgehead atoms. The maximum absolute atomic E-state index is 13.6. The summed E-state index contributed by atoms with van der Waals surface area (Å²) in [4.78, 5) is 10.4. The lowest BCUT2D eigenvalue weighted by molar-refractivity contribution is 0.144. The molecular formula is C23H23FN6O2. The zero-order valence-electron chi connectivity index (χ0n) is 17.3. The highest BCUT2D eigenvalue weighted by Crippen LogP contribution is 2.36. The van der Waals surface area contributed by atoms with Gasteiger partial charge >= 0.3 is 0 Å². The molecule has 0 amide bonds. The Bertz CT molecular complexity index is 1260. The van der Waals surface area contributed by atoms with Gasteiger partial charge in [-0.1, -0.05) is 18.2 Å². The third kappa shape index (κ3) is 3.71. The van der Waals surface area contributed by atoms with Gasteiger partial charge in [-0.2, -0.15) is 5.10 Å². The maximum atomic E-state index is 13.6. The van der Waals surface area contributed by atoms with Gasteiger partial charge in [0, 0.05) is 23.7 Å². The number of aromatic hydroxyl groups is 1. The van der Waals surface area contributed by atoms with E-state index in [2.05, 4.69) is 15.1 Å². The number of nitrogen functional groups attached to an aromatic ring is 1. The van der Waals surface area contributed by atoms with E-state index in [1.54, 1.807) is 4.68 Å². The van der Waals surface area contributed by atoms with E-state index in [0.717, 1.165) is 18.5 Å². The van der Waals surface area contributed by atoms with Gasteiger partial charge in [-0.15, -0.1) is 0 Å². The largest absolute Gasteiger partial charge is 0.505 e. The number of phenolic OH excluding ortho intramolecular Hbond substituents is 1. The Morgan fingerprint density at radius 2 is 1.94 bits per heavy atom. The van der Waals surface area contributed by atoms with Gasteiger partial charge < -0.3 is 20.8 Å². The fourth-order valence-electron chi connectivity index (χ4n) is 3.93. The number of benzene rings is 2. The van der Waals surface area contributed by atoms with Gasteiger partial charge in [-0.05, 0) is 43.2 Å². The maximum Gasteiger partial charge on any atom is 0.164 e. The molecule has 0 spiro atoms. The van der Waals surface area contributed by atoms with Crippen molar-refractivity contribution >= 4 is 22.5 Å². The van der Waals surface area contributed by atoms with Crippen LogP contribution in [0.2, 0.25) is 0 Å². The van der Waals surface area contributed by atoms with E-state index < -0.39 is 17.8 Å². The van der Waals surface area contributed by atoms with Crippen LogP contribution in [0.4, 0.5) is 15.9 Å². The van der Waals surface area contributed by atoms with Crippen LogP contribution in [0.1, 0.15) is 12.8 Å². The lowest BCUT2D eigenvalue weighted by Crippen LogP contribution is -2.39. The van der Waals surface area contributed by atoms with Gasteiger partial charge in [-0.25, -0.2) is 19.0 Å². The second-order valence-electron chi connectivity index (χ2n) is 7.98. The van der Waals surface area contributed by atoms with Crippen LogP contribution >= 0.6 is 0 Å². The first-order valence-electron chi connectivity index (χ1n) is 10.5. The number of para-hydroxylation sites is 1. The van der Waals surface area contributed by atoms with Gasteiger partial charge in [0.25, 0.3) is 0 Å². The summed E-state index contributed by atoms with van der Waals surface area (Å²) in [7, 11) is 0. The molecule has 0 aliphatic heterocycles. The molecule has 0 radical (unpaired) electrons. The fraction of sp³-hybridized carbons (Fsp3) is 0.261. The lowest BCUT2D eigenvalue weighted by Gasteiger charge is -2.30. The molecule has 1 fully saturated rings. The molecule has 8 nitrogen and oxygen atoms in total. The molecule has 9 heteroatoms. The van der Waals surface area contributed by atoms with Crippen LogP contribution in [0.5, 0.6) is 5.75 Å². The SMILES string of the molecule is Nc1ncnc2c1c(-c1ccc(F)c(O)c1)nn2CCN(c1ccccc1)C(O)C1CC1. The normalized spacial score (nSPS) is 14.6. The van der Waals surface area contributed by atoms with Crippen LogP contribution in [-0.2, 0) is 6.54 Å². The Morgan fingerprint density at radius 1 is 1.16 bits per heavy atom. The molecular weight excluding hydrogens is 411 g/mol. The van der Waals surface area contributed by atoms with E-state index in [4.69, 9.17) is 5.73 Å². The summed E-state index contributed by atoms with van der Waals surface area (Å²) >= 11 is 0. The molecule has 5 rings (SSSR count). The molecule has 2 aromatic carbocycles. The van der Waals surface area contributed by atoms with Gasteiger partial charge in [0.1, 0.15) is 24.1 Å². The van der Waals surface area contributed by atoms with Crippen LogP contribution in [-0.4, -0.2) is 42.7 Å². The number of fused-ring (bicyclic) bond motifs is 1. The predicted molar refractivity (Wildman–Crippen MR) is 119 cm³/mol. The average molecular weight is 434 g/mol. The van der Waals surface area contributed by atoms with Crippen molar-refractivity contribution in [2.45, 2.75) is 25.6 Å². The fourth-order valence-corrected chi connectivity index (χ4v) is 3.93. The first-order valence-corrected chi connectivity index (χ1v) is 10.5. The summed E-state index contributed by atoms with van der Waals surface area (Å²) < 4.78 is 15.3. The number of hydrogen-bond donors (Lipinski definition) is 3. The standard InChI is InChI=1S/C23H23FN6O2/c24-17-9-8-15(12-18(17)31)20-19-21(25)26-13-27-22(19)30(28-20)11-10-29(23(32)14-6-7-14)16-4-2-1-3-5-16/h1-5,8-9,12-14,23,31-32H,6-7,10-11H2,(H2,25,26,27). The first kappa shape index (κ1) is 20.2. The highest BCUT2D eigenvalue weighted by Gasteiger charge is 2.34. The Balaban J connectivity index is 1.51. The van der Waals surface area contributed by atoms with Crippen molar-refractivity contribution in [2.24, 2.45) is 5.92 Å². The van der Waals surface area contributed by atoms with Crippen LogP contribution in [0.25, 0.3) is 22.3 Å². The molecule has 164 valence electrons. The average Bonchev–Trinajstić information content (AvgIpc) is 3.58. The molecule has 1 aliphatic carbocycles. The second kappa shape index (κ2) is 8.08. The van der Waals surface area contributed by atoms with Crippen molar-refractivity contribution in [3.8, 4) is 17.0 Å². The number of aromatic nitrogens is 4. The van der Waals surface area contributed by atoms with Crippen molar-refractivity contribution in [3.63, 3.8) is 0 Å². The summed E-state index contributed by atoms with van der Waals surface area (Å²) in [6.07, 6.45) is 2.82. The molecule has 1 unspecified atom stereocenters. The highest BCUT2D eigenvalue weighted by molar-refractivity contribution is 5.98. The van der Waals surface area contributed by atoms with E-state index in [1.165, 1.54) is 24.5 Å². The Labute approximate surface area is 183 Å². The van der Waals surface area contributed by atoms with Gasteiger partial charge in [-0.3, -0.25) is 0 Å². The summed E-state index contributed by atoms with van der Waals surface area (Å²) in [6.45, 7) is 0.926. The lowest BCUT2D eigenvalue weighted by atomic mass is 10.1. The van der Waals surface area contributed by atoms with E-state index in [9.17, 15) is 14.6 Å². The monoisotopic (exact) mass is 434 g/mol. The van der Waals surface area contributed by atoms with Crippen LogP contribution in [0.15, 0.2) is 54.9 Å². The molecule has 0 saturated heterocycles. The van der Waals surface area contributed by atoms with Crippen LogP contribution in [0, 0.1) is 11.7 Å². The molecule has 4 aromatic rings.